The van der Waals surface area contributed by atoms with E-state index in [1.165, 1.54) is 38.6 Å². The highest BCUT2D eigenvalue weighted by molar-refractivity contribution is 6.00. The lowest BCUT2D eigenvalue weighted by Gasteiger charge is -2.12. The molecule has 0 spiro atoms. The third-order valence-corrected chi connectivity index (χ3v) is 4.26. The summed E-state index contributed by atoms with van der Waals surface area (Å²) in [7, 11) is 0. The Morgan fingerprint density at radius 2 is 1.43 bits per heavy atom. The molecule has 0 aliphatic rings. The van der Waals surface area contributed by atoms with Crippen molar-refractivity contribution < 1.29 is 0 Å². The van der Waals surface area contributed by atoms with Crippen LogP contribution in [-0.2, 0) is 0 Å². The Morgan fingerprint density at radius 1 is 0.652 bits per heavy atom. The first kappa shape index (κ1) is 13.7. The summed E-state index contributed by atoms with van der Waals surface area (Å²) in [5.74, 6) is 0. The molecule has 0 fully saturated rings. The number of aryl methyl sites for hydroxylation is 1. The molecule has 1 heteroatoms. The van der Waals surface area contributed by atoms with Crippen LogP contribution in [0, 0.1) is 6.92 Å². The number of pyridine rings is 1. The molecule has 23 heavy (non-hydrogen) atoms. The zero-order valence-corrected chi connectivity index (χ0v) is 13.0. The molecule has 1 aromatic heterocycles. The summed E-state index contributed by atoms with van der Waals surface area (Å²) in [6.45, 7) is 2.11. The first-order valence-corrected chi connectivity index (χ1v) is 7.82. The molecular formula is C22H17N. The van der Waals surface area contributed by atoms with Gasteiger partial charge in [-0.2, -0.15) is 0 Å². The van der Waals surface area contributed by atoms with E-state index in [4.69, 9.17) is 0 Å². The van der Waals surface area contributed by atoms with Gasteiger partial charge in [0.2, 0.25) is 0 Å². The summed E-state index contributed by atoms with van der Waals surface area (Å²) in [6, 6.07) is 25.7. The number of nitrogens with zero attached hydrogens (tertiary/aromatic N) is 1. The maximum absolute atomic E-state index is 4.37. The summed E-state index contributed by atoms with van der Waals surface area (Å²) in [4.78, 5) is 4.37. The molecule has 0 saturated heterocycles. The van der Waals surface area contributed by atoms with Crippen LogP contribution in [0.25, 0.3) is 33.0 Å². The van der Waals surface area contributed by atoms with Crippen molar-refractivity contribution in [2.45, 2.75) is 6.92 Å². The second-order valence-corrected chi connectivity index (χ2v) is 5.81. The van der Waals surface area contributed by atoms with E-state index in [0.717, 1.165) is 0 Å². The van der Waals surface area contributed by atoms with E-state index < -0.39 is 0 Å². The molecule has 1 heterocycles. The average Bonchev–Trinajstić information content (AvgIpc) is 2.62. The zero-order valence-electron chi connectivity index (χ0n) is 13.0. The maximum Gasteiger partial charge on any atom is 0.0352 e. The largest absolute Gasteiger partial charge is 0.264 e. The van der Waals surface area contributed by atoms with Crippen molar-refractivity contribution in [2.75, 3.05) is 0 Å². The van der Waals surface area contributed by atoms with Gasteiger partial charge in [0.05, 0.1) is 0 Å². The monoisotopic (exact) mass is 295 g/mol. The van der Waals surface area contributed by atoms with Crippen LogP contribution in [0.4, 0.5) is 0 Å². The average molecular weight is 295 g/mol. The van der Waals surface area contributed by atoms with Gasteiger partial charge in [0.1, 0.15) is 0 Å². The van der Waals surface area contributed by atoms with Crippen LogP contribution in [0.3, 0.4) is 0 Å². The molecule has 0 bridgehead atoms. The van der Waals surface area contributed by atoms with Crippen molar-refractivity contribution in [3.63, 3.8) is 0 Å². The van der Waals surface area contributed by atoms with Crippen molar-refractivity contribution in [2.24, 2.45) is 0 Å². The fraction of sp³-hybridized carbons (Fsp3) is 0.0455. The minimum atomic E-state index is 1.17. The van der Waals surface area contributed by atoms with E-state index in [-0.39, 0.29) is 0 Å². The van der Waals surface area contributed by atoms with Gasteiger partial charge in [-0.3, -0.25) is 4.98 Å². The van der Waals surface area contributed by atoms with Crippen molar-refractivity contribution in [1.82, 2.24) is 4.98 Å². The van der Waals surface area contributed by atoms with E-state index in [9.17, 15) is 0 Å². The molecule has 0 N–H and O–H groups in total. The SMILES string of the molecule is Cc1ccc(-c2ccncc2-c2cccc3ccccc23)cc1. The lowest BCUT2D eigenvalue weighted by molar-refractivity contribution is 1.33. The summed E-state index contributed by atoms with van der Waals surface area (Å²) >= 11 is 0. The van der Waals surface area contributed by atoms with Gasteiger partial charge in [0.25, 0.3) is 0 Å². The fourth-order valence-electron chi connectivity index (χ4n) is 3.05. The van der Waals surface area contributed by atoms with Crippen molar-refractivity contribution in [1.29, 1.82) is 0 Å². The van der Waals surface area contributed by atoms with E-state index in [2.05, 4.69) is 84.7 Å². The van der Waals surface area contributed by atoms with Crippen LogP contribution in [0.2, 0.25) is 0 Å². The van der Waals surface area contributed by atoms with Gasteiger partial charge in [-0.05, 0) is 40.5 Å². The molecule has 4 rings (SSSR count). The Kier molecular flexibility index (Phi) is 3.39. The number of aromatic nitrogens is 1. The smallest absolute Gasteiger partial charge is 0.0352 e. The van der Waals surface area contributed by atoms with Crippen molar-refractivity contribution >= 4 is 10.8 Å². The molecule has 0 radical (unpaired) electrons. The van der Waals surface area contributed by atoms with E-state index in [1.807, 2.05) is 12.4 Å². The zero-order chi connectivity index (χ0) is 15.6. The van der Waals surface area contributed by atoms with E-state index in [1.54, 1.807) is 0 Å². The van der Waals surface area contributed by atoms with Crippen LogP contribution in [-0.4, -0.2) is 4.98 Å². The number of hydrogen-bond acceptors (Lipinski definition) is 1. The minimum absolute atomic E-state index is 1.17. The highest BCUT2D eigenvalue weighted by atomic mass is 14.6. The van der Waals surface area contributed by atoms with Gasteiger partial charge in [0, 0.05) is 18.0 Å². The Morgan fingerprint density at radius 3 is 2.30 bits per heavy atom. The quantitative estimate of drug-likeness (QED) is 0.450. The van der Waals surface area contributed by atoms with E-state index in [0.29, 0.717) is 0 Å². The summed E-state index contributed by atoms with van der Waals surface area (Å²) in [5, 5.41) is 2.51. The Labute approximate surface area is 136 Å². The number of hydrogen-bond donors (Lipinski definition) is 0. The standard InChI is InChI=1S/C22H17N/c1-16-9-11-18(12-10-16)20-13-14-23-15-22(20)21-8-4-6-17-5-2-3-7-19(17)21/h2-15H,1H3. The van der Waals surface area contributed by atoms with Gasteiger partial charge in [-0.25, -0.2) is 0 Å². The van der Waals surface area contributed by atoms with Crippen LogP contribution in [0.1, 0.15) is 5.56 Å². The third kappa shape index (κ3) is 2.51. The van der Waals surface area contributed by atoms with Crippen LogP contribution >= 0.6 is 0 Å². The molecule has 0 saturated carbocycles. The lowest BCUT2D eigenvalue weighted by atomic mass is 9.93. The van der Waals surface area contributed by atoms with Crippen LogP contribution in [0.5, 0.6) is 0 Å². The first-order valence-electron chi connectivity index (χ1n) is 7.82. The van der Waals surface area contributed by atoms with Crippen LogP contribution < -0.4 is 0 Å². The molecule has 4 aromatic rings. The predicted molar refractivity (Wildman–Crippen MR) is 97.4 cm³/mol. The summed E-state index contributed by atoms with van der Waals surface area (Å²) in [5.41, 5.74) is 6.12. The van der Waals surface area contributed by atoms with Crippen molar-refractivity contribution in [3.05, 3.63) is 90.8 Å². The molecular weight excluding hydrogens is 278 g/mol. The van der Waals surface area contributed by atoms with E-state index >= 15 is 0 Å². The van der Waals surface area contributed by atoms with Gasteiger partial charge >= 0.3 is 0 Å². The van der Waals surface area contributed by atoms with Gasteiger partial charge < -0.3 is 0 Å². The Bertz CT molecular complexity index is 963. The van der Waals surface area contributed by atoms with Crippen molar-refractivity contribution in [3.8, 4) is 22.3 Å². The first-order chi connectivity index (χ1) is 11.3. The summed E-state index contributed by atoms with van der Waals surface area (Å²) in [6.07, 6.45) is 3.83. The maximum atomic E-state index is 4.37. The molecule has 3 aromatic carbocycles. The molecule has 0 aliphatic carbocycles. The highest BCUT2D eigenvalue weighted by Gasteiger charge is 2.10. The normalized spacial score (nSPS) is 10.8. The Hall–Kier alpha value is -2.93. The fourth-order valence-corrected chi connectivity index (χ4v) is 3.05. The third-order valence-electron chi connectivity index (χ3n) is 4.26. The molecule has 0 unspecified atom stereocenters. The van der Waals surface area contributed by atoms with Gasteiger partial charge in [0.15, 0.2) is 0 Å². The minimum Gasteiger partial charge on any atom is -0.264 e. The number of fused-ring (bicyclic) bond motifs is 1. The molecule has 1 nitrogen and oxygen atoms in total. The van der Waals surface area contributed by atoms with Gasteiger partial charge in [-0.15, -0.1) is 0 Å². The van der Waals surface area contributed by atoms with Gasteiger partial charge in [-0.1, -0.05) is 72.3 Å². The molecule has 0 atom stereocenters. The lowest BCUT2D eigenvalue weighted by Crippen LogP contribution is -1.88. The predicted octanol–water partition coefficient (Wildman–Crippen LogP) is 5.88. The second-order valence-electron chi connectivity index (χ2n) is 5.81. The molecule has 0 aliphatic heterocycles. The highest BCUT2D eigenvalue weighted by Crippen LogP contribution is 2.35. The molecule has 110 valence electrons. The van der Waals surface area contributed by atoms with Crippen LogP contribution in [0.15, 0.2) is 85.2 Å². The topological polar surface area (TPSA) is 12.9 Å². The second kappa shape index (κ2) is 5.69. The molecule has 0 amide bonds. The number of rotatable bonds is 2. The summed E-state index contributed by atoms with van der Waals surface area (Å²) < 4.78 is 0. The Balaban J connectivity index is 1.97. The number of benzene rings is 3.